The highest BCUT2D eigenvalue weighted by molar-refractivity contribution is 6.33. The third kappa shape index (κ3) is 3.66. The third-order valence-electron chi connectivity index (χ3n) is 3.44. The van der Waals surface area contributed by atoms with Gasteiger partial charge in [-0.3, -0.25) is 0 Å². The van der Waals surface area contributed by atoms with Gasteiger partial charge in [-0.25, -0.2) is 4.79 Å². The van der Waals surface area contributed by atoms with Crippen LogP contribution in [0.1, 0.15) is 5.56 Å². The van der Waals surface area contributed by atoms with Crippen LogP contribution in [0.3, 0.4) is 0 Å². The van der Waals surface area contributed by atoms with E-state index in [1.54, 1.807) is 24.3 Å². The molecule has 0 saturated heterocycles. The lowest BCUT2D eigenvalue weighted by molar-refractivity contribution is 0.217. The molecule has 24 heavy (non-hydrogen) atoms. The maximum atomic E-state index is 11.5. The van der Waals surface area contributed by atoms with Gasteiger partial charge in [0.1, 0.15) is 30.3 Å². The van der Waals surface area contributed by atoms with Crippen LogP contribution in [0.5, 0.6) is 11.5 Å². The fourth-order valence-corrected chi connectivity index (χ4v) is 2.70. The van der Waals surface area contributed by atoms with E-state index in [9.17, 15) is 4.79 Å². The molecule has 4 nitrogen and oxygen atoms in total. The Balaban J connectivity index is 1.70. The second-order valence-electron chi connectivity index (χ2n) is 5.15. The van der Waals surface area contributed by atoms with Crippen LogP contribution < -0.4 is 15.1 Å². The van der Waals surface area contributed by atoms with Crippen LogP contribution in [0.25, 0.3) is 11.0 Å². The molecule has 3 rings (SSSR count). The molecule has 0 bridgehead atoms. The Morgan fingerprint density at radius 3 is 2.42 bits per heavy atom. The van der Waals surface area contributed by atoms with Crippen molar-refractivity contribution >= 4 is 34.2 Å². The van der Waals surface area contributed by atoms with Crippen molar-refractivity contribution in [1.82, 2.24) is 0 Å². The van der Waals surface area contributed by atoms with E-state index in [-0.39, 0.29) is 6.61 Å². The van der Waals surface area contributed by atoms with Gasteiger partial charge in [0, 0.05) is 17.5 Å². The maximum absolute atomic E-state index is 11.5. The summed E-state index contributed by atoms with van der Waals surface area (Å²) >= 11 is 12.2. The minimum atomic E-state index is -0.407. The molecule has 124 valence electrons. The van der Waals surface area contributed by atoms with Crippen LogP contribution in [0.2, 0.25) is 10.0 Å². The molecule has 0 atom stereocenters. The van der Waals surface area contributed by atoms with Crippen LogP contribution in [-0.2, 0) is 0 Å². The lowest BCUT2D eigenvalue weighted by atomic mass is 10.1. The van der Waals surface area contributed by atoms with E-state index < -0.39 is 5.63 Å². The van der Waals surface area contributed by atoms with Gasteiger partial charge in [-0.1, -0.05) is 35.3 Å². The first-order chi connectivity index (χ1) is 11.5. The number of ether oxygens (including phenoxy) is 2. The Bertz CT molecular complexity index is 934. The first kappa shape index (κ1) is 16.7. The Morgan fingerprint density at radius 2 is 1.67 bits per heavy atom. The van der Waals surface area contributed by atoms with E-state index in [2.05, 4.69) is 0 Å². The van der Waals surface area contributed by atoms with E-state index in [0.717, 1.165) is 10.9 Å². The molecule has 0 saturated carbocycles. The fraction of sp³-hybridized carbons (Fsp3) is 0.167. The standard InChI is InChI=1S/C18H14Cl2O4/c1-11-8-18(21)24-16-10-17(14(20)9-12(11)16)23-7-6-22-15-5-3-2-4-13(15)19/h2-5,8-10H,6-7H2,1H3. The van der Waals surface area contributed by atoms with Crippen molar-refractivity contribution in [3.05, 3.63) is 68.5 Å². The highest BCUT2D eigenvalue weighted by atomic mass is 35.5. The van der Waals surface area contributed by atoms with Gasteiger partial charge in [0.2, 0.25) is 0 Å². The number of aryl methyl sites for hydroxylation is 1. The Kier molecular flexibility index (Phi) is 4.97. The quantitative estimate of drug-likeness (QED) is 0.478. The van der Waals surface area contributed by atoms with Crippen molar-refractivity contribution in [3.63, 3.8) is 0 Å². The summed E-state index contributed by atoms with van der Waals surface area (Å²) in [5.74, 6) is 1.02. The molecule has 0 amide bonds. The zero-order valence-corrected chi connectivity index (χ0v) is 14.4. The zero-order valence-electron chi connectivity index (χ0n) is 12.8. The topological polar surface area (TPSA) is 48.7 Å². The molecule has 1 aromatic heterocycles. The minimum Gasteiger partial charge on any atom is -0.488 e. The summed E-state index contributed by atoms with van der Waals surface area (Å²) in [7, 11) is 0. The summed E-state index contributed by atoms with van der Waals surface area (Å²) in [6.45, 7) is 2.40. The molecule has 3 aromatic rings. The third-order valence-corrected chi connectivity index (χ3v) is 4.05. The molecule has 0 aliphatic rings. The monoisotopic (exact) mass is 364 g/mol. The molecule has 0 unspecified atom stereocenters. The number of fused-ring (bicyclic) bond motifs is 1. The zero-order chi connectivity index (χ0) is 17.1. The fourth-order valence-electron chi connectivity index (χ4n) is 2.30. The molecule has 6 heteroatoms. The highest BCUT2D eigenvalue weighted by Crippen LogP contribution is 2.31. The number of benzene rings is 2. The first-order valence-corrected chi connectivity index (χ1v) is 8.04. The second kappa shape index (κ2) is 7.16. The smallest absolute Gasteiger partial charge is 0.336 e. The average Bonchev–Trinajstić information content (AvgIpc) is 2.54. The largest absolute Gasteiger partial charge is 0.488 e. The molecule has 0 aliphatic carbocycles. The number of para-hydroxylation sites is 1. The second-order valence-corrected chi connectivity index (χ2v) is 5.97. The van der Waals surface area contributed by atoms with E-state index >= 15 is 0 Å². The molecule has 0 radical (unpaired) electrons. The summed E-state index contributed by atoms with van der Waals surface area (Å²) < 4.78 is 16.4. The number of halogens is 2. The molecule has 1 heterocycles. The van der Waals surface area contributed by atoms with E-state index in [1.807, 2.05) is 19.1 Å². The number of rotatable bonds is 5. The molecule has 2 aromatic carbocycles. The predicted molar refractivity (Wildman–Crippen MR) is 94.7 cm³/mol. The lowest BCUT2D eigenvalue weighted by Gasteiger charge is -2.11. The number of hydrogen-bond acceptors (Lipinski definition) is 4. The van der Waals surface area contributed by atoms with Gasteiger partial charge < -0.3 is 13.9 Å². The molecular weight excluding hydrogens is 351 g/mol. The van der Waals surface area contributed by atoms with E-state index in [1.165, 1.54) is 6.07 Å². The highest BCUT2D eigenvalue weighted by Gasteiger charge is 2.09. The van der Waals surface area contributed by atoms with Crippen molar-refractivity contribution in [2.75, 3.05) is 13.2 Å². The number of hydrogen-bond donors (Lipinski definition) is 0. The Labute approximate surface area is 148 Å². The van der Waals surface area contributed by atoms with Crippen molar-refractivity contribution in [3.8, 4) is 11.5 Å². The van der Waals surface area contributed by atoms with Crippen LogP contribution in [0.15, 0.2) is 51.7 Å². The van der Waals surface area contributed by atoms with Gasteiger partial charge in [-0.05, 0) is 30.7 Å². The predicted octanol–water partition coefficient (Wildman–Crippen LogP) is 4.87. The Hall–Kier alpha value is -2.17. The van der Waals surface area contributed by atoms with Crippen LogP contribution in [-0.4, -0.2) is 13.2 Å². The van der Waals surface area contributed by atoms with Crippen molar-refractivity contribution in [2.45, 2.75) is 6.92 Å². The SMILES string of the molecule is Cc1cc(=O)oc2cc(OCCOc3ccccc3Cl)c(Cl)cc12. The lowest BCUT2D eigenvalue weighted by Crippen LogP contribution is -2.09. The molecule has 0 aliphatic heterocycles. The molecule has 0 spiro atoms. The van der Waals surface area contributed by atoms with Gasteiger partial charge >= 0.3 is 5.63 Å². The van der Waals surface area contributed by atoms with Gasteiger partial charge in [0.15, 0.2) is 0 Å². The normalized spacial score (nSPS) is 10.8. The van der Waals surface area contributed by atoms with Crippen molar-refractivity contribution in [1.29, 1.82) is 0 Å². The van der Waals surface area contributed by atoms with E-state index in [0.29, 0.717) is 33.7 Å². The van der Waals surface area contributed by atoms with Crippen molar-refractivity contribution < 1.29 is 13.9 Å². The first-order valence-electron chi connectivity index (χ1n) is 7.29. The van der Waals surface area contributed by atoms with Gasteiger partial charge in [-0.15, -0.1) is 0 Å². The van der Waals surface area contributed by atoms with Crippen LogP contribution in [0, 0.1) is 6.92 Å². The summed E-state index contributed by atoms with van der Waals surface area (Å²) in [6.07, 6.45) is 0. The van der Waals surface area contributed by atoms with Crippen molar-refractivity contribution in [2.24, 2.45) is 0 Å². The molecule has 0 N–H and O–H groups in total. The molecular formula is C18H14Cl2O4. The van der Waals surface area contributed by atoms with Gasteiger partial charge in [0.25, 0.3) is 0 Å². The van der Waals surface area contributed by atoms with Crippen LogP contribution in [0.4, 0.5) is 0 Å². The average molecular weight is 365 g/mol. The minimum absolute atomic E-state index is 0.270. The van der Waals surface area contributed by atoms with Gasteiger partial charge in [0.05, 0.1) is 10.0 Å². The Morgan fingerprint density at radius 1 is 0.958 bits per heavy atom. The summed E-state index contributed by atoms with van der Waals surface area (Å²) in [5, 5.41) is 1.76. The maximum Gasteiger partial charge on any atom is 0.336 e. The van der Waals surface area contributed by atoms with E-state index in [4.69, 9.17) is 37.1 Å². The summed E-state index contributed by atoms with van der Waals surface area (Å²) in [6, 6.07) is 12.0. The molecule has 0 fully saturated rings. The summed E-state index contributed by atoms with van der Waals surface area (Å²) in [5.41, 5.74) is 0.832. The van der Waals surface area contributed by atoms with Gasteiger partial charge in [-0.2, -0.15) is 0 Å². The van der Waals surface area contributed by atoms with Crippen LogP contribution >= 0.6 is 23.2 Å². The summed E-state index contributed by atoms with van der Waals surface area (Å²) in [4.78, 5) is 11.5.